The van der Waals surface area contributed by atoms with Crippen LogP contribution in [0.4, 0.5) is 0 Å². The second-order valence-electron chi connectivity index (χ2n) is 2.71. The van der Waals surface area contributed by atoms with Gasteiger partial charge in [-0.3, -0.25) is 9.48 Å². The Labute approximate surface area is 79.6 Å². The number of hydrogen-bond acceptors (Lipinski definition) is 3. The summed E-state index contributed by atoms with van der Waals surface area (Å²) in [6.07, 6.45) is 0.808. The molecule has 0 amide bonds. The molecule has 3 nitrogen and oxygen atoms in total. The first-order valence-electron chi connectivity index (χ1n) is 3.83. The average molecular weight is 192 g/mol. The quantitative estimate of drug-likeness (QED) is 0.682. The minimum absolute atomic E-state index is 0.598. The highest BCUT2D eigenvalue weighted by Crippen LogP contribution is 2.20. The third-order valence-corrected chi connectivity index (χ3v) is 2.54. The molecule has 4 heteroatoms. The van der Waals surface area contributed by atoms with Crippen LogP contribution in [0, 0.1) is 0 Å². The van der Waals surface area contributed by atoms with Gasteiger partial charge in [-0.15, -0.1) is 0 Å². The molecule has 0 fully saturated rings. The SMILES string of the molecule is Cn1nc(-c2ccsc2)cc1C=O. The van der Waals surface area contributed by atoms with Crippen molar-refractivity contribution in [2.75, 3.05) is 0 Å². The number of aryl methyl sites for hydroxylation is 1. The van der Waals surface area contributed by atoms with Crippen LogP contribution in [0.3, 0.4) is 0 Å². The van der Waals surface area contributed by atoms with Crippen LogP contribution in [0.5, 0.6) is 0 Å². The molecule has 66 valence electrons. The maximum Gasteiger partial charge on any atom is 0.168 e. The van der Waals surface area contributed by atoms with Crippen molar-refractivity contribution >= 4 is 17.6 Å². The number of carbonyl (C=O) groups excluding carboxylic acids is 1. The van der Waals surface area contributed by atoms with Gasteiger partial charge in [-0.05, 0) is 17.5 Å². The number of aromatic nitrogens is 2. The van der Waals surface area contributed by atoms with Crippen LogP contribution in [0.1, 0.15) is 10.5 Å². The number of carbonyl (C=O) groups is 1. The molecule has 0 aliphatic carbocycles. The number of hydrogen-bond donors (Lipinski definition) is 0. The van der Waals surface area contributed by atoms with Gasteiger partial charge in [0.15, 0.2) is 6.29 Å². The predicted molar refractivity (Wildman–Crippen MR) is 51.9 cm³/mol. The van der Waals surface area contributed by atoms with Crippen molar-refractivity contribution < 1.29 is 4.79 Å². The van der Waals surface area contributed by atoms with Crippen molar-refractivity contribution in [3.63, 3.8) is 0 Å². The van der Waals surface area contributed by atoms with Gasteiger partial charge in [0.05, 0.1) is 5.69 Å². The van der Waals surface area contributed by atoms with E-state index in [1.54, 1.807) is 29.1 Å². The largest absolute Gasteiger partial charge is 0.296 e. The molecular formula is C9H8N2OS. The minimum atomic E-state index is 0.598. The van der Waals surface area contributed by atoms with E-state index in [0.717, 1.165) is 17.5 Å². The molecule has 0 saturated heterocycles. The first-order valence-corrected chi connectivity index (χ1v) is 4.77. The number of aldehydes is 1. The molecule has 0 atom stereocenters. The normalized spacial score (nSPS) is 10.2. The zero-order valence-electron chi connectivity index (χ0n) is 7.10. The van der Waals surface area contributed by atoms with Gasteiger partial charge in [-0.2, -0.15) is 16.4 Å². The average Bonchev–Trinajstić information content (AvgIpc) is 2.71. The second kappa shape index (κ2) is 3.14. The fraction of sp³-hybridized carbons (Fsp3) is 0.111. The maximum atomic E-state index is 10.6. The summed E-state index contributed by atoms with van der Waals surface area (Å²) in [6.45, 7) is 0. The third-order valence-electron chi connectivity index (χ3n) is 1.85. The summed E-state index contributed by atoms with van der Waals surface area (Å²) in [5.74, 6) is 0. The molecule has 0 N–H and O–H groups in total. The Bertz CT molecular complexity index is 417. The number of nitrogens with zero attached hydrogens (tertiary/aromatic N) is 2. The van der Waals surface area contributed by atoms with Crippen LogP contribution in [0.2, 0.25) is 0 Å². The molecule has 2 rings (SSSR count). The van der Waals surface area contributed by atoms with Crippen LogP contribution in [0.25, 0.3) is 11.3 Å². The molecular weight excluding hydrogens is 184 g/mol. The highest BCUT2D eigenvalue weighted by Gasteiger charge is 2.05. The smallest absolute Gasteiger partial charge is 0.168 e. The Balaban J connectivity index is 2.48. The van der Waals surface area contributed by atoms with E-state index in [-0.39, 0.29) is 0 Å². The maximum absolute atomic E-state index is 10.6. The lowest BCUT2D eigenvalue weighted by molar-refractivity contribution is 0.111. The molecule has 13 heavy (non-hydrogen) atoms. The van der Waals surface area contributed by atoms with Crippen molar-refractivity contribution in [1.82, 2.24) is 9.78 Å². The zero-order valence-corrected chi connectivity index (χ0v) is 7.91. The zero-order chi connectivity index (χ0) is 9.26. The lowest BCUT2D eigenvalue weighted by atomic mass is 10.2. The van der Waals surface area contributed by atoms with Gasteiger partial charge in [0.1, 0.15) is 5.69 Å². The van der Waals surface area contributed by atoms with Crippen molar-refractivity contribution in [3.8, 4) is 11.3 Å². The lowest BCUT2D eigenvalue weighted by Crippen LogP contribution is -1.95. The predicted octanol–water partition coefficient (Wildman–Crippen LogP) is 1.96. The monoisotopic (exact) mass is 192 g/mol. The van der Waals surface area contributed by atoms with E-state index in [0.29, 0.717) is 5.69 Å². The van der Waals surface area contributed by atoms with Gasteiger partial charge in [0, 0.05) is 18.0 Å². The van der Waals surface area contributed by atoms with E-state index < -0.39 is 0 Å². The van der Waals surface area contributed by atoms with Crippen LogP contribution in [0.15, 0.2) is 22.9 Å². The molecule has 0 aliphatic heterocycles. The first kappa shape index (κ1) is 8.19. The van der Waals surface area contributed by atoms with E-state index in [2.05, 4.69) is 5.10 Å². The van der Waals surface area contributed by atoms with E-state index in [4.69, 9.17) is 0 Å². The molecule has 0 aromatic carbocycles. The third kappa shape index (κ3) is 1.40. The van der Waals surface area contributed by atoms with Gasteiger partial charge in [0.25, 0.3) is 0 Å². The number of rotatable bonds is 2. The van der Waals surface area contributed by atoms with Crippen LogP contribution >= 0.6 is 11.3 Å². The van der Waals surface area contributed by atoms with Gasteiger partial charge < -0.3 is 0 Å². The summed E-state index contributed by atoms with van der Waals surface area (Å²) in [5.41, 5.74) is 2.51. The Kier molecular flexibility index (Phi) is 1.98. The summed E-state index contributed by atoms with van der Waals surface area (Å²) in [4.78, 5) is 10.6. The van der Waals surface area contributed by atoms with Gasteiger partial charge in [-0.1, -0.05) is 0 Å². The molecule has 0 aliphatic rings. The van der Waals surface area contributed by atoms with Crippen LogP contribution in [-0.2, 0) is 7.05 Å². The Hall–Kier alpha value is -1.42. The molecule has 2 aromatic rings. The van der Waals surface area contributed by atoms with Crippen LogP contribution in [-0.4, -0.2) is 16.1 Å². The Morgan fingerprint density at radius 2 is 2.46 bits per heavy atom. The lowest BCUT2D eigenvalue weighted by Gasteiger charge is -1.88. The fourth-order valence-corrected chi connectivity index (χ4v) is 1.79. The summed E-state index contributed by atoms with van der Waals surface area (Å²) in [7, 11) is 1.76. The molecule has 0 radical (unpaired) electrons. The fourth-order valence-electron chi connectivity index (χ4n) is 1.14. The van der Waals surface area contributed by atoms with E-state index in [9.17, 15) is 4.79 Å². The van der Waals surface area contributed by atoms with Crippen molar-refractivity contribution in [2.24, 2.45) is 7.05 Å². The van der Waals surface area contributed by atoms with E-state index >= 15 is 0 Å². The Morgan fingerprint density at radius 3 is 3.00 bits per heavy atom. The minimum Gasteiger partial charge on any atom is -0.296 e. The highest BCUT2D eigenvalue weighted by molar-refractivity contribution is 7.08. The standard InChI is InChI=1S/C9H8N2OS/c1-11-8(5-12)4-9(10-11)7-2-3-13-6-7/h2-6H,1H3. The van der Waals surface area contributed by atoms with Crippen molar-refractivity contribution in [1.29, 1.82) is 0 Å². The topological polar surface area (TPSA) is 34.9 Å². The molecule has 2 heterocycles. The Morgan fingerprint density at radius 1 is 1.62 bits per heavy atom. The van der Waals surface area contributed by atoms with Crippen LogP contribution < -0.4 is 0 Å². The van der Waals surface area contributed by atoms with Crippen molar-refractivity contribution in [3.05, 3.63) is 28.6 Å². The molecule has 0 saturated carbocycles. The van der Waals surface area contributed by atoms with Gasteiger partial charge in [-0.25, -0.2) is 0 Å². The summed E-state index contributed by atoms with van der Waals surface area (Å²) in [5, 5.41) is 8.22. The van der Waals surface area contributed by atoms with Crippen molar-refractivity contribution in [2.45, 2.75) is 0 Å². The first-order chi connectivity index (χ1) is 6.31. The highest BCUT2D eigenvalue weighted by atomic mass is 32.1. The van der Waals surface area contributed by atoms with E-state index in [1.165, 1.54) is 0 Å². The number of thiophene rings is 1. The summed E-state index contributed by atoms with van der Waals surface area (Å²) in [6, 6.07) is 3.77. The molecule has 2 aromatic heterocycles. The second-order valence-corrected chi connectivity index (χ2v) is 3.49. The summed E-state index contributed by atoms with van der Waals surface area (Å²) < 4.78 is 1.58. The summed E-state index contributed by atoms with van der Waals surface area (Å²) >= 11 is 1.62. The molecule has 0 spiro atoms. The molecule has 0 bridgehead atoms. The molecule has 0 unspecified atom stereocenters. The van der Waals surface area contributed by atoms with Gasteiger partial charge >= 0.3 is 0 Å². The van der Waals surface area contributed by atoms with E-state index in [1.807, 2.05) is 16.8 Å². The van der Waals surface area contributed by atoms with Gasteiger partial charge in [0.2, 0.25) is 0 Å².